The Balaban J connectivity index is 1.80. The number of hydrogen-bond donors (Lipinski definition) is 1. The third-order valence-corrected chi connectivity index (χ3v) is 5.57. The molecule has 0 aromatic carbocycles. The van der Waals surface area contributed by atoms with E-state index in [1.165, 1.54) is 64.6 Å². The molecule has 0 bridgehead atoms. The maximum absolute atomic E-state index is 3.92. The highest BCUT2D eigenvalue weighted by atomic mass is 15.2. The smallest absolute Gasteiger partial charge is 0.0243 e. The van der Waals surface area contributed by atoms with E-state index in [1.807, 2.05) is 0 Å². The van der Waals surface area contributed by atoms with E-state index in [2.05, 4.69) is 37.9 Å². The lowest BCUT2D eigenvalue weighted by Gasteiger charge is -2.32. The van der Waals surface area contributed by atoms with Gasteiger partial charge in [0.2, 0.25) is 0 Å². The van der Waals surface area contributed by atoms with Gasteiger partial charge < -0.3 is 5.32 Å². The van der Waals surface area contributed by atoms with Gasteiger partial charge in [0.1, 0.15) is 0 Å². The highest BCUT2D eigenvalue weighted by Gasteiger charge is 2.27. The van der Waals surface area contributed by atoms with Crippen molar-refractivity contribution in [2.75, 3.05) is 19.6 Å². The van der Waals surface area contributed by atoms with Crippen molar-refractivity contribution >= 4 is 0 Å². The Hall–Kier alpha value is -0.0800. The third-order valence-electron chi connectivity index (χ3n) is 5.57. The molecule has 2 rings (SSSR count). The molecule has 1 saturated heterocycles. The monoisotopic (exact) mass is 280 g/mol. The summed E-state index contributed by atoms with van der Waals surface area (Å²) in [4.78, 5) is 2.72. The maximum Gasteiger partial charge on any atom is 0.0243 e. The summed E-state index contributed by atoms with van der Waals surface area (Å²) in [5.41, 5.74) is 0.572. The molecular weight excluding hydrogens is 244 g/mol. The van der Waals surface area contributed by atoms with Gasteiger partial charge in [0.25, 0.3) is 0 Å². The van der Waals surface area contributed by atoms with E-state index < -0.39 is 0 Å². The van der Waals surface area contributed by atoms with Crippen LogP contribution in [-0.4, -0.2) is 36.6 Å². The molecule has 2 atom stereocenters. The molecule has 2 heteroatoms. The SMILES string of the molecule is CC(C)C(CNC1CCCC(C)(C)CC1)N1CCCC1. The highest BCUT2D eigenvalue weighted by molar-refractivity contribution is 4.84. The minimum absolute atomic E-state index is 0.572. The molecule has 1 heterocycles. The lowest BCUT2D eigenvalue weighted by Crippen LogP contribution is -2.46. The standard InChI is InChI=1S/C18H36N2/c1-15(2)17(20-12-5-6-13-20)14-19-16-8-7-10-18(3,4)11-9-16/h15-17,19H,5-14H2,1-4H3. The first-order valence-electron chi connectivity index (χ1n) is 8.95. The lowest BCUT2D eigenvalue weighted by molar-refractivity contribution is 0.180. The zero-order valence-electron chi connectivity index (χ0n) is 14.3. The van der Waals surface area contributed by atoms with Gasteiger partial charge in [-0.15, -0.1) is 0 Å². The van der Waals surface area contributed by atoms with Crippen molar-refractivity contribution in [3.05, 3.63) is 0 Å². The Morgan fingerprint density at radius 2 is 1.75 bits per heavy atom. The van der Waals surface area contributed by atoms with E-state index in [9.17, 15) is 0 Å². The van der Waals surface area contributed by atoms with E-state index >= 15 is 0 Å². The maximum atomic E-state index is 3.92. The van der Waals surface area contributed by atoms with Crippen LogP contribution in [0.25, 0.3) is 0 Å². The predicted octanol–water partition coefficient (Wildman–Crippen LogP) is 4.06. The van der Waals surface area contributed by atoms with Crippen molar-refractivity contribution in [2.45, 2.75) is 84.7 Å². The van der Waals surface area contributed by atoms with Gasteiger partial charge in [0.15, 0.2) is 0 Å². The Bertz CT molecular complexity index is 279. The third kappa shape index (κ3) is 4.73. The van der Waals surface area contributed by atoms with Crippen LogP contribution in [0.3, 0.4) is 0 Å². The summed E-state index contributed by atoms with van der Waals surface area (Å²) in [6.45, 7) is 13.5. The highest BCUT2D eigenvalue weighted by Crippen LogP contribution is 2.33. The van der Waals surface area contributed by atoms with Gasteiger partial charge in [-0.25, -0.2) is 0 Å². The van der Waals surface area contributed by atoms with E-state index in [0.717, 1.165) is 18.0 Å². The van der Waals surface area contributed by atoms with Gasteiger partial charge in [-0.3, -0.25) is 4.90 Å². The molecule has 118 valence electrons. The molecule has 0 aromatic heterocycles. The molecule has 1 aliphatic carbocycles. The van der Waals surface area contributed by atoms with Crippen LogP contribution in [0.4, 0.5) is 0 Å². The molecule has 1 aliphatic heterocycles. The average molecular weight is 280 g/mol. The molecule has 0 radical (unpaired) electrons. The molecule has 0 amide bonds. The Morgan fingerprint density at radius 1 is 1.05 bits per heavy atom. The number of hydrogen-bond acceptors (Lipinski definition) is 2. The van der Waals surface area contributed by atoms with Crippen LogP contribution < -0.4 is 5.32 Å². The minimum Gasteiger partial charge on any atom is -0.312 e. The summed E-state index contributed by atoms with van der Waals surface area (Å²) < 4.78 is 0. The molecule has 2 fully saturated rings. The normalized spacial score (nSPS) is 29.6. The molecule has 1 saturated carbocycles. The van der Waals surface area contributed by atoms with E-state index in [1.54, 1.807) is 0 Å². The minimum atomic E-state index is 0.572. The summed E-state index contributed by atoms with van der Waals surface area (Å²) in [5.74, 6) is 0.766. The summed E-state index contributed by atoms with van der Waals surface area (Å²) in [7, 11) is 0. The molecule has 20 heavy (non-hydrogen) atoms. The summed E-state index contributed by atoms with van der Waals surface area (Å²) in [5, 5.41) is 3.92. The zero-order chi connectivity index (χ0) is 14.6. The van der Waals surface area contributed by atoms with E-state index in [-0.39, 0.29) is 0 Å². The quantitative estimate of drug-likeness (QED) is 0.764. The zero-order valence-corrected chi connectivity index (χ0v) is 14.3. The van der Waals surface area contributed by atoms with Crippen LogP contribution in [0.1, 0.15) is 72.6 Å². The van der Waals surface area contributed by atoms with Crippen LogP contribution >= 0.6 is 0 Å². The summed E-state index contributed by atoms with van der Waals surface area (Å²) in [6, 6.07) is 1.51. The molecular formula is C18H36N2. The molecule has 0 spiro atoms. The van der Waals surface area contributed by atoms with Crippen LogP contribution in [0, 0.1) is 11.3 Å². The molecule has 2 aliphatic rings. The van der Waals surface area contributed by atoms with Crippen molar-refractivity contribution in [1.29, 1.82) is 0 Å². The second-order valence-electron chi connectivity index (χ2n) is 8.25. The van der Waals surface area contributed by atoms with Crippen LogP contribution in [0.15, 0.2) is 0 Å². The van der Waals surface area contributed by atoms with Gasteiger partial charge in [-0.05, 0) is 62.9 Å². The average Bonchev–Trinajstić information content (AvgIpc) is 2.82. The van der Waals surface area contributed by atoms with Gasteiger partial charge in [-0.2, -0.15) is 0 Å². The number of nitrogens with one attached hydrogen (secondary N) is 1. The van der Waals surface area contributed by atoms with Crippen molar-refractivity contribution < 1.29 is 0 Å². The molecule has 0 aromatic rings. The van der Waals surface area contributed by atoms with Gasteiger partial charge in [-0.1, -0.05) is 34.1 Å². The first-order valence-corrected chi connectivity index (χ1v) is 8.95. The van der Waals surface area contributed by atoms with Crippen LogP contribution in [0.2, 0.25) is 0 Å². The fourth-order valence-electron chi connectivity index (χ4n) is 4.01. The number of nitrogens with zero attached hydrogens (tertiary/aromatic N) is 1. The van der Waals surface area contributed by atoms with E-state index in [0.29, 0.717) is 5.41 Å². The van der Waals surface area contributed by atoms with Crippen molar-refractivity contribution in [2.24, 2.45) is 11.3 Å². The van der Waals surface area contributed by atoms with Gasteiger partial charge in [0.05, 0.1) is 0 Å². The van der Waals surface area contributed by atoms with E-state index in [4.69, 9.17) is 0 Å². The fraction of sp³-hybridized carbons (Fsp3) is 1.00. The van der Waals surface area contributed by atoms with Gasteiger partial charge >= 0.3 is 0 Å². The van der Waals surface area contributed by atoms with Crippen molar-refractivity contribution in [3.8, 4) is 0 Å². The second kappa shape index (κ2) is 7.26. The summed E-state index contributed by atoms with van der Waals surface area (Å²) in [6.07, 6.45) is 9.76. The second-order valence-corrected chi connectivity index (χ2v) is 8.25. The predicted molar refractivity (Wildman–Crippen MR) is 88.1 cm³/mol. The first-order chi connectivity index (χ1) is 9.48. The number of likely N-dealkylation sites (tertiary alicyclic amines) is 1. The van der Waals surface area contributed by atoms with Crippen molar-refractivity contribution in [1.82, 2.24) is 10.2 Å². The topological polar surface area (TPSA) is 15.3 Å². The molecule has 2 nitrogen and oxygen atoms in total. The largest absolute Gasteiger partial charge is 0.312 e. The molecule has 2 unspecified atom stereocenters. The fourth-order valence-corrected chi connectivity index (χ4v) is 4.01. The lowest BCUT2D eigenvalue weighted by atomic mass is 9.85. The van der Waals surface area contributed by atoms with Crippen LogP contribution in [0.5, 0.6) is 0 Å². The Labute approximate surface area is 126 Å². The van der Waals surface area contributed by atoms with Crippen molar-refractivity contribution in [3.63, 3.8) is 0 Å². The van der Waals surface area contributed by atoms with Gasteiger partial charge in [0, 0.05) is 18.6 Å². The van der Waals surface area contributed by atoms with Crippen LogP contribution in [-0.2, 0) is 0 Å². The Morgan fingerprint density at radius 3 is 2.40 bits per heavy atom. The Kier molecular flexibility index (Phi) is 5.92. The summed E-state index contributed by atoms with van der Waals surface area (Å²) >= 11 is 0. The molecule has 1 N–H and O–H groups in total. The number of rotatable bonds is 5. The first kappa shape index (κ1) is 16.3.